The van der Waals surface area contributed by atoms with Gasteiger partial charge in [-0.25, -0.2) is 4.39 Å². The molecule has 0 bridgehead atoms. The van der Waals surface area contributed by atoms with E-state index in [-0.39, 0.29) is 10.9 Å². The maximum absolute atomic E-state index is 13.0. The molecule has 5 heteroatoms. The van der Waals surface area contributed by atoms with Crippen LogP contribution in [0.3, 0.4) is 0 Å². The molecule has 1 heterocycles. The Kier molecular flexibility index (Phi) is 4.56. The van der Waals surface area contributed by atoms with Gasteiger partial charge in [0.05, 0.1) is 5.02 Å². The van der Waals surface area contributed by atoms with E-state index in [4.69, 9.17) is 11.6 Å². The summed E-state index contributed by atoms with van der Waals surface area (Å²) >= 11 is 5.68. The van der Waals surface area contributed by atoms with Crippen molar-refractivity contribution < 1.29 is 9.18 Å². The first-order valence-corrected chi connectivity index (χ1v) is 6.54. The lowest BCUT2D eigenvalue weighted by Crippen LogP contribution is -2.46. The Morgan fingerprint density at radius 1 is 1.32 bits per heavy atom. The van der Waals surface area contributed by atoms with Crippen molar-refractivity contribution in [1.29, 1.82) is 0 Å². The van der Waals surface area contributed by atoms with Crippen molar-refractivity contribution in [2.75, 3.05) is 33.2 Å². The highest BCUT2D eigenvalue weighted by atomic mass is 35.5. The summed E-state index contributed by atoms with van der Waals surface area (Å²) < 4.78 is 13.0. The first kappa shape index (κ1) is 14.0. The standard InChI is InChI=1S/C14H16ClFN2O/c1-17-6-8-18(9-7-17)14(19)5-3-11-2-4-13(16)12(15)10-11/h2-5,10H,6-9H2,1H3/b5-3+. The van der Waals surface area contributed by atoms with Crippen LogP contribution in [0, 0.1) is 5.82 Å². The van der Waals surface area contributed by atoms with E-state index in [0.717, 1.165) is 26.2 Å². The number of nitrogens with zero attached hydrogens (tertiary/aromatic N) is 2. The normalized spacial score (nSPS) is 17.1. The maximum atomic E-state index is 13.0. The number of rotatable bonds is 2. The molecule has 1 saturated heterocycles. The van der Waals surface area contributed by atoms with Gasteiger partial charge in [-0.3, -0.25) is 4.79 Å². The molecule has 3 nitrogen and oxygen atoms in total. The van der Waals surface area contributed by atoms with Crippen LogP contribution in [0.25, 0.3) is 6.08 Å². The van der Waals surface area contributed by atoms with E-state index in [0.29, 0.717) is 5.56 Å². The van der Waals surface area contributed by atoms with Crippen molar-refractivity contribution in [2.45, 2.75) is 0 Å². The van der Waals surface area contributed by atoms with Crippen molar-refractivity contribution >= 4 is 23.6 Å². The summed E-state index contributed by atoms with van der Waals surface area (Å²) in [6.45, 7) is 3.26. The van der Waals surface area contributed by atoms with Gasteiger partial charge in [-0.05, 0) is 30.8 Å². The van der Waals surface area contributed by atoms with Crippen LogP contribution < -0.4 is 0 Å². The Balaban J connectivity index is 1.98. The molecular weight excluding hydrogens is 267 g/mol. The summed E-state index contributed by atoms with van der Waals surface area (Å²) in [6, 6.07) is 4.39. The van der Waals surface area contributed by atoms with Gasteiger partial charge >= 0.3 is 0 Å². The molecule has 0 aliphatic carbocycles. The van der Waals surface area contributed by atoms with Crippen LogP contribution in [-0.4, -0.2) is 48.9 Å². The summed E-state index contributed by atoms with van der Waals surface area (Å²) in [5, 5.41) is 0.0641. The molecule has 0 saturated carbocycles. The molecular formula is C14H16ClFN2O. The van der Waals surface area contributed by atoms with Gasteiger partial charge in [-0.1, -0.05) is 17.7 Å². The van der Waals surface area contributed by atoms with Gasteiger partial charge in [0.1, 0.15) is 5.82 Å². The molecule has 2 rings (SSSR count). The van der Waals surface area contributed by atoms with Gasteiger partial charge < -0.3 is 9.80 Å². The summed E-state index contributed by atoms with van der Waals surface area (Å²) in [5.74, 6) is -0.474. The fourth-order valence-corrected chi connectivity index (χ4v) is 2.10. The molecule has 0 spiro atoms. The lowest BCUT2D eigenvalue weighted by Gasteiger charge is -2.31. The third kappa shape index (κ3) is 3.78. The van der Waals surface area contributed by atoms with E-state index < -0.39 is 5.82 Å². The maximum Gasteiger partial charge on any atom is 0.246 e. The highest BCUT2D eigenvalue weighted by Crippen LogP contribution is 2.17. The first-order valence-electron chi connectivity index (χ1n) is 6.17. The molecule has 0 aromatic heterocycles. The summed E-state index contributed by atoms with van der Waals surface area (Å²) in [5.41, 5.74) is 0.717. The monoisotopic (exact) mass is 282 g/mol. The number of hydrogen-bond acceptors (Lipinski definition) is 2. The van der Waals surface area contributed by atoms with E-state index in [1.165, 1.54) is 18.2 Å². The van der Waals surface area contributed by atoms with Gasteiger partial charge in [0.2, 0.25) is 5.91 Å². The van der Waals surface area contributed by atoms with Crippen LogP contribution in [-0.2, 0) is 4.79 Å². The molecule has 0 atom stereocenters. The first-order chi connectivity index (χ1) is 9.06. The third-order valence-corrected chi connectivity index (χ3v) is 3.47. The van der Waals surface area contributed by atoms with Gasteiger partial charge in [-0.15, -0.1) is 0 Å². The van der Waals surface area contributed by atoms with Gasteiger partial charge in [0.15, 0.2) is 0 Å². The average molecular weight is 283 g/mol. The smallest absolute Gasteiger partial charge is 0.246 e. The predicted octanol–water partition coefficient (Wildman–Crippen LogP) is 2.27. The van der Waals surface area contributed by atoms with E-state index in [9.17, 15) is 9.18 Å². The highest BCUT2D eigenvalue weighted by molar-refractivity contribution is 6.30. The Hall–Kier alpha value is -1.39. The number of benzene rings is 1. The third-order valence-electron chi connectivity index (χ3n) is 3.18. The molecule has 1 aliphatic heterocycles. The van der Waals surface area contributed by atoms with E-state index >= 15 is 0 Å². The summed E-state index contributed by atoms with van der Waals surface area (Å²) in [7, 11) is 2.04. The number of piperazine rings is 1. The van der Waals surface area contributed by atoms with Crippen LogP contribution in [0.1, 0.15) is 5.56 Å². The molecule has 0 radical (unpaired) electrons. The number of hydrogen-bond donors (Lipinski definition) is 0. The zero-order valence-corrected chi connectivity index (χ0v) is 11.5. The minimum atomic E-state index is -0.454. The molecule has 1 aromatic rings. The number of halogens is 2. The van der Waals surface area contributed by atoms with Gasteiger partial charge in [-0.2, -0.15) is 0 Å². The second-order valence-electron chi connectivity index (χ2n) is 4.64. The van der Waals surface area contributed by atoms with Crippen LogP contribution in [0.5, 0.6) is 0 Å². The molecule has 1 aliphatic rings. The van der Waals surface area contributed by atoms with Crippen LogP contribution >= 0.6 is 11.6 Å². The lowest BCUT2D eigenvalue weighted by atomic mass is 10.2. The molecule has 1 aromatic carbocycles. The Morgan fingerprint density at radius 2 is 2.00 bits per heavy atom. The topological polar surface area (TPSA) is 23.6 Å². The summed E-state index contributed by atoms with van der Waals surface area (Å²) in [4.78, 5) is 15.9. The second-order valence-corrected chi connectivity index (χ2v) is 5.04. The largest absolute Gasteiger partial charge is 0.337 e. The molecule has 0 unspecified atom stereocenters. The number of carbonyl (C=O) groups excluding carboxylic acids is 1. The second kappa shape index (κ2) is 6.17. The van der Waals surface area contributed by atoms with Gasteiger partial charge in [0, 0.05) is 32.3 Å². The van der Waals surface area contributed by atoms with E-state index in [1.807, 2.05) is 11.9 Å². The molecule has 1 amide bonds. The summed E-state index contributed by atoms with van der Waals surface area (Å²) in [6.07, 6.45) is 3.17. The highest BCUT2D eigenvalue weighted by Gasteiger charge is 2.16. The Morgan fingerprint density at radius 3 is 2.63 bits per heavy atom. The fourth-order valence-electron chi connectivity index (χ4n) is 1.92. The Labute approximate surface area is 117 Å². The SMILES string of the molecule is CN1CCN(C(=O)/C=C/c2ccc(F)c(Cl)c2)CC1. The minimum Gasteiger partial charge on any atom is -0.337 e. The number of amides is 1. The van der Waals surface area contributed by atoms with Crippen molar-refractivity contribution in [1.82, 2.24) is 9.80 Å². The molecule has 0 N–H and O–H groups in total. The Bertz CT molecular complexity index is 496. The van der Waals surface area contributed by atoms with Crippen molar-refractivity contribution in [3.05, 3.63) is 40.7 Å². The molecule has 1 fully saturated rings. The lowest BCUT2D eigenvalue weighted by molar-refractivity contribution is -0.127. The predicted molar refractivity (Wildman–Crippen MR) is 74.5 cm³/mol. The van der Waals surface area contributed by atoms with Crippen molar-refractivity contribution in [3.63, 3.8) is 0 Å². The van der Waals surface area contributed by atoms with Crippen LogP contribution in [0.4, 0.5) is 4.39 Å². The molecule has 102 valence electrons. The van der Waals surface area contributed by atoms with E-state index in [1.54, 1.807) is 12.1 Å². The number of carbonyl (C=O) groups is 1. The van der Waals surface area contributed by atoms with E-state index in [2.05, 4.69) is 4.90 Å². The average Bonchev–Trinajstić information content (AvgIpc) is 2.40. The van der Waals surface area contributed by atoms with Crippen molar-refractivity contribution in [3.8, 4) is 0 Å². The number of likely N-dealkylation sites (N-methyl/N-ethyl adjacent to an activating group) is 1. The molecule has 19 heavy (non-hydrogen) atoms. The zero-order valence-electron chi connectivity index (χ0n) is 10.8. The van der Waals surface area contributed by atoms with Crippen LogP contribution in [0.2, 0.25) is 5.02 Å². The van der Waals surface area contributed by atoms with Crippen LogP contribution in [0.15, 0.2) is 24.3 Å². The van der Waals surface area contributed by atoms with Gasteiger partial charge in [0.25, 0.3) is 0 Å². The zero-order chi connectivity index (χ0) is 13.8. The fraction of sp³-hybridized carbons (Fsp3) is 0.357. The quantitative estimate of drug-likeness (QED) is 0.777. The van der Waals surface area contributed by atoms with Crippen molar-refractivity contribution in [2.24, 2.45) is 0 Å². The minimum absolute atomic E-state index is 0.0199.